The van der Waals surface area contributed by atoms with E-state index in [9.17, 15) is 5.11 Å². The van der Waals surface area contributed by atoms with Crippen LogP contribution >= 0.6 is 0 Å². The molecule has 26 heavy (non-hydrogen) atoms. The van der Waals surface area contributed by atoms with Gasteiger partial charge in [0.2, 0.25) is 5.95 Å². The smallest absolute Gasteiger partial charge is 0.247 e. The molecule has 0 saturated heterocycles. The van der Waals surface area contributed by atoms with Crippen molar-refractivity contribution in [1.29, 1.82) is 0 Å². The van der Waals surface area contributed by atoms with E-state index in [4.69, 9.17) is 4.74 Å². The van der Waals surface area contributed by atoms with E-state index in [1.165, 1.54) is 0 Å². The minimum atomic E-state index is -0.158. The summed E-state index contributed by atoms with van der Waals surface area (Å²) in [6.07, 6.45) is 3.44. The Morgan fingerprint density at radius 3 is 2.73 bits per heavy atom. The van der Waals surface area contributed by atoms with Crippen LogP contribution in [0.5, 0.6) is 5.75 Å². The van der Waals surface area contributed by atoms with Crippen LogP contribution in [-0.4, -0.2) is 39.0 Å². The lowest BCUT2D eigenvalue weighted by Crippen LogP contribution is -2.29. The molecule has 2 heterocycles. The summed E-state index contributed by atoms with van der Waals surface area (Å²) in [5.74, 6) is 2.22. The average molecular weight is 353 g/mol. The number of methoxy groups -OCH3 is 1. The normalized spacial score (nSPS) is 20.1. The van der Waals surface area contributed by atoms with Crippen molar-refractivity contribution in [3.63, 3.8) is 0 Å². The molecule has 0 spiro atoms. The van der Waals surface area contributed by atoms with Gasteiger partial charge < -0.3 is 20.5 Å². The Morgan fingerprint density at radius 2 is 1.92 bits per heavy atom. The van der Waals surface area contributed by atoms with Crippen LogP contribution in [0.3, 0.4) is 0 Å². The first kappa shape index (κ1) is 16.7. The third kappa shape index (κ3) is 3.57. The van der Waals surface area contributed by atoms with Gasteiger partial charge in [0.15, 0.2) is 5.65 Å². The molecule has 2 aromatic heterocycles. The number of pyridine rings is 1. The molecule has 4 rings (SSSR count). The number of hydrogen-bond acceptors (Lipinski definition) is 6. The van der Waals surface area contributed by atoms with Crippen molar-refractivity contribution in [3.8, 4) is 5.75 Å². The Labute approximate surface area is 152 Å². The van der Waals surface area contributed by atoms with Crippen LogP contribution < -0.4 is 15.4 Å². The Hall–Kier alpha value is -2.80. The van der Waals surface area contributed by atoms with Crippen LogP contribution in [0.15, 0.2) is 42.5 Å². The first-order valence-corrected chi connectivity index (χ1v) is 8.93. The van der Waals surface area contributed by atoms with Crippen LogP contribution in [0, 0.1) is 0 Å². The summed E-state index contributed by atoms with van der Waals surface area (Å²) in [4.78, 5) is 4.55. The second-order valence-electron chi connectivity index (χ2n) is 6.62. The lowest BCUT2D eigenvalue weighted by atomic mass is 9.93. The molecule has 3 aromatic rings. The molecule has 7 heteroatoms. The number of aromatic nitrogens is 3. The van der Waals surface area contributed by atoms with Crippen LogP contribution in [0.25, 0.3) is 5.65 Å². The van der Waals surface area contributed by atoms with Crippen molar-refractivity contribution in [2.75, 3.05) is 17.7 Å². The highest BCUT2D eigenvalue weighted by molar-refractivity contribution is 5.59. The summed E-state index contributed by atoms with van der Waals surface area (Å²) in [6, 6.07) is 13.9. The molecule has 0 aliphatic heterocycles. The molecular weight excluding hydrogens is 330 g/mol. The van der Waals surface area contributed by atoms with Crippen molar-refractivity contribution < 1.29 is 9.84 Å². The minimum absolute atomic E-state index is 0.158. The van der Waals surface area contributed by atoms with Gasteiger partial charge in [-0.3, -0.25) is 0 Å². The number of aliphatic hydroxyl groups excluding tert-OH is 1. The summed E-state index contributed by atoms with van der Waals surface area (Å²) in [6.45, 7) is 0. The molecule has 3 N–H and O–H groups in total. The van der Waals surface area contributed by atoms with E-state index in [-0.39, 0.29) is 6.10 Å². The molecule has 0 bridgehead atoms. The molecule has 1 aliphatic rings. The monoisotopic (exact) mass is 353 g/mol. The number of hydrogen-bond donors (Lipinski definition) is 3. The molecule has 1 aliphatic carbocycles. The predicted octanol–water partition coefficient (Wildman–Crippen LogP) is 3.20. The number of benzene rings is 1. The second-order valence-corrected chi connectivity index (χ2v) is 6.62. The summed E-state index contributed by atoms with van der Waals surface area (Å²) in [7, 11) is 1.64. The van der Waals surface area contributed by atoms with Crippen molar-refractivity contribution in [2.24, 2.45) is 0 Å². The fourth-order valence-electron chi connectivity index (χ4n) is 3.33. The predicted molar refractivity (Wildman–Crippen MR) is 101 cm³/mol. The van der Waals surface area contributed by atoms with Crippen molar-refractivity contribution in [2.45, 2.75) is 37.8 Å². The molecule has 0 amide bonds. The SMILES string of the molecule is COc1cccc(Nc2nc3cccc(N[C@H]4CC[C@@H](O)CC4)n3n2)c1. The maximum absolute atomic E-state index is 9.67. The van der Waals surface area contributed by atoms with Gasteiger partial charge in [0.05, 0.1) is 13.2 Å². The molecule has 136 valence electrons. The molecule has 1 aromatic carbocycles. The number of fused-ring (bicyclic) bond motifs is 1. The zero-order valence-electron chi connectivity index (χ0n) is 14.7. The zero-order chi connectivity index (χ0) is 17.9. The summed E-state index contributed by atoms with van der Waals surface area (Å²) in [5, 5.41) is 21.0. The molecule has 7 nitrogen and oxygen atoms in total. The van der Waals surface area contributed by atoms with E-state index in [2.05, 4.69) is 20.7 Å². The fourth-order valence-corrected chi connectivity index (χ4v) is 3.33. The highest BCUT2D eigenvalue weighted by atomic mass is 16.5. The third-order valence-electron chi connectivity index (χ3n) is 4.73. The van der Waals surface area contributed by atoms with Crippen molar-refractivity contribution in [1.82, 2.24) is 14.6 Å². The highest BCUT2D eigenvalue weighted by Gasteiger charge is 2.20. The highest BCUT2D eigenvalue weighted by Crippen LogP contribution is 2.24. The quantitative estimate of drug-likeness (QED) is 0.653. The number of ether oxygens (including phenoxy) is 1. The van der Waals surface area contributed by atoms with Crippen molar-refractivity contribution >= 4 is 23.1 Å². The summed E-state index contributed by atoms with van der Waals surface area (Å²) < 4.78 is 7.06. The Balaban J connectivity index is 1.55. The topological polar surface area (TPSA) is 83.7 Å². The molecule has 0 unspecified atom stereocenters. The van der Waals surface area contributed by atoms with Gasteiger partial charge >= 0.3 is 0 Å². The van der Waals surface area contributed by atoms with Crippen LogP contribution in [0.1, 0.15) is 25.7 Å². The van der Waals surface area contributed by atoms with E-state index >= 15 is 0 Å². The van der Waals surface area contributed by atoms with Gasteiger partial charge in [0.1, 0.15) is 11.6 Å². The minimum Gasteiger partial charge on any atom is -0.497 e. The maximum atomic E-state index is 9.67. The average Bonchev–Trinajstić information content (AvgIpc) is 3.07. The standard InChI is InChI=1S/C19H23N5O2/c1-26-16-5-2-4-14(12-16)21-19-22-18-7-3-6-17(24(18)23-19)20-13-8-10-15(25)11-9-13/h2-7,12-13,15,20,25H,8-11H2,1H3,(H,21,23)/t13-,15+. The maximum Gasteiger partial charge on any atom is 0.247 e. The van der Waals surface area contributed by atoms with Crippen molar-refractivity contribution in [3.05, 3.63) is 42.5 Å². The lowest BCUT2D eigenvalue weighted by Gasteiger charge is -2.26. The van der Waals surface area contributed by atoms with E-state index in [1.54, 1.807) is 7.11 Å². The molecule has 1 fully saturated rings. The van der Waals surface area contributed by atoms with E-state index in [1.807, 2.05) is 47.0 Å². The molecular formula is C19H23N5O2. The molecule has 0 atom stereocenters. The van der Waals surface area contributed by atoms with Crippen LogP contribution in [-0.2, 0) is 0 Å². The number of aliphatic hydroxyl groups is 1. The van der Waals surface area contributed by atoms with Gasteiger partial charge in [0, 0.05) is 17.8 Å². The van der Waals surface area contributed by atoms with Gasteiger partial charge in [-0.1, -0.05) is 12.1 Å². The van der Waals surface area contributed by atoms with E-state index in [0.29, 0.717) is 12.0 Å². The van der Waals surface area contributed by atoms with Gasteiger partial charge in [-0.25, -0.2) is 0 Å². The summed E-state index contributed by atoms with van der Waals surface area (Å²) in [5.41, 5.74) is 1.65. The Morgan fingerprint density at radius 1 is 1.12 bits per heavy atom. The number of anilines is 3. The van der Waals surface area contributed by atoms with Gasteiger partial charge in [-0.05, 0) is 49.9 Å². The van der Waals surface area contributed by atoms with Crippen LogP contribution in [0.2, 0.25) is 0 Å². The first-order chi connectivity index (χ1) is 12.7. The third-order valence-corrected chi connectivity index (χ3v) is 4.73. The fraction of sp³-hybridized carbons (Fsp3) is 0.368. The van der Waals surface area contributed by atoms with Gasteiger partial charge in [-0.15, -0.1) is 5.10 Å². The summed E-state index contributed by atoms with van der Waals surface area (Å²) >= 11 is 0. The number of nitrogens with one attached hydrogen (secondary N) is 2. The van der Waals surface area contributed by atoms with E-state index in [0.717, 1.165) is 48.6 Å². The van der Waals surface area contributed by atoms with Gasteiger partial charge in [0.25, 0.3) is 0 Å². The zero-order valence-corrected chi connectivity index (χ0v) is 14.7. The molecule has 1 saturated carbocycles. The largest absolute Gasteiger partial charge is 0.497 e. The van der Waals surface area contributed by atoms with Crippen LogP contribution in [0.4, 0.5) is 17.5 Å². The second kappa shape index (κ2) is 7.21. The number of nitrogens with zero attached hydrogens (tertiary/aromatic N) is 3. The van der Waals surface area contributed by atoms with E-state index < -0.39 is 0 Å². The number of rotatable bonds is 5. The molecule has 0 radical (unpaired) electrons. The Kier molecular flexibility index (Phi) is 4.62. The Bertz CT molecular complexity index is 887. The first-order valence-electron chi connectivity index (χ1n) is 8.93. The lowest BCUT2D eigenvalue weighted by molar-refractivity contribution is 0.126. The van der Waals surface area contributed by atoms with Gasteiger partial charge in [-0.2, -0.15) is 9.50 Å².